The summed E-state index contributed by atoms with van der Waals surface area (Å²) in [6.07, 6.45) is 5.29. The van der Waals surface area contributed by atoms with Gasteiger partial charge in [-0.25, -0.2) is 4.79 Å². The number of piperidine rings is 1. The van der Waals surface area contributed by atoms with Crippen LogP contribution < -0.4 is 10.2 Å². The third kappa shape index (κ3) is 3.89. The lowest BCUT2D eigenvalue weighted by Gasteiger charge is -2.34. The standard InChI is InChI=1S/C19H20N4O2/c1-25-19(24)14-3-2-4-17(11-14)22-16-6-9-23(10-7-16)18-13-21-8-5-15(18)12-20/h2-5,8,11,13,16,22H,6-7,9-10H2,1H3. The van der Waals surface area contributed by atoms with E-state index in [0.29, 0.717) is 17.2 Å². The van der Waals surface area contributed by atoms with Gasteiger partial charge in [0, 0.05) is 31.0 Å². The fourth-order valence-corrected chi connectivity index (χ4v) is 3.09. The first-order valence-electron chi connectivity index (χ1n) is 8.25. The third-order valence-corrected chi connectivity index (χ3v) is 4.41. The van der Waals surface area contributed by atoms with Crippen molar-refractivity contribution in [1.29, 1.82) is 5.26 Å². The highest BCUT2D eigenvalue weighted by molar-refractivity contribution is 5.90. The topological polar surface area (TPSA) is 78.2 Å². The second-order valence-corrected chi connectivity index (χ2v) is 5.98. The molecule has 1 aromatic carbocycles. The Morgan fingerprint density at radius 1 is 1.36 bits per heavy atom. The van der Waals surface area contributed by atoms with E-state index < -0.39 is 0 Å². The van der Waals surface area contributed by atoms with E-state index in [1.54, 1.807) is 24.5 Å². The van der Waals surface area contributed by atoms with Crippen LogP contribution in [0, 0.1) is 11.3 Å². The number of aromatic nitrogens is 1. The lowest BCUT2D eigenvalue weighted by Crippen LogP contribution is -2.39. The molecule has 0 amide bonds. The molecule has 2 aromatic rings. The van der Waals surface area contributed by atoms with Gasteiger partial charge in [0.2, 0.25) is 0 Å². The summed E-state index contributed by atoms with van der Waals surface area (Å²) in [6.45, 7) is 1.71. The number of nitrogens with one attached hydrogen (secondary N) is 1. The molecule has 3 rings (SSSR count). The normalized spacial score (nSPS) is 14.6. The van der Waals surface area contributed by atoms with Crippen molar-refractivity contribution in [3.63, 3.8) is 0 Å². The van der Waals surface area contributed by atoms with Gasteiger partial charge in [0.1, 0.15) is 6.07 Å². The van der Waals surface area contributed by atoms with Crippen LogP contribution in [0.5, 0.6) is 0 Å². The van der Waals surface area contributed by atoms with E-state index in [1.807, 2.05) is 18.2 Å². The summed E-state index contributed by atoms with van der Waals surface area (Å²) in [4.78, 5) is 18.0. The Kier molecular flexibility index (Phi) is 5.14. The van der Waals surface area contributed by atoms with Gasteiger partial charge in [-0.05, 0) is 37.1 Å². The first-order valence-corrected chi connectivity index (χ1v) is 8.25. The summed E-state index contributed by atoms with van der Waals surface area (Å²) >= 11 is 0. The van der Waals surface area contributed by atoms with Crippen LogP contribution in [0.25, 0.3) is 0 Å². The Morgan fingerprint density at radius 2 is 2.16 bits per heavy atom. The van der Waals surface area contributed by atoms with E-state index in [-0.39, 0.29) is 5.97 Å². The average molecular weight is 336 g/mol. The number of anilines is 2. The second kappa shape index (κ2) is 7.67. The zero-order chi connectivity index (χ0) is 17.6. The number of rotatable bonds is 4. The largest absolute Gasteiger partial charge is 0.465 e. The second-order valence-electron chi connectivity index (χ2n) is 5.98. The van der Waals surface area contributed by atoms with Gasteiger partial charge in [-0.1, -0.05) is 6.07 Å². The van der Waals surface area contributed by atoms with E-state index in [9.17, 15) is 10.1 Å². The maximum absolute atomic E-state index is 11.6. The van der Waals surface area contributed by atoms with Crippen LogP contribution in [0.4, 0.5) is 11.4 Å². The van der Waals surface area contributed by atoms with Crippen molar-refractivity contribution in [2.24, 2.45) is 0 Å². The molecule has 25 heavy (non-hydrogen) atoms. The molecule has 1 fully saturated rings. The van der Waals surface area contributed by atoms with Gasteiger partial charge in [0.15, 0.2) is 0 Å². The molecule has 0 spiro atoms. The molecule has 0 saturated carbocycles. The van der Waals surface area contributed by atoms with E-state index in [4.69, 9.17) is 4.74 Å². The molecule has 0 radical (unpaired) electrons. The number of ether oxygens (including phenoxy) is 1. The van der Waals surface area contributed by atoms with Crippen molar-refractivity contribution in [1.82, 2.24) is 4.98 Å². The number of methoxy groups -OCH3 is 1. The Bertz CT molecular complexity index is 792. The molecular formula is C19H20N4O2. The lowest BCUT2D eigenvalue weighted by atomic mass is 10.0. The average Bonchev–Trinajstić information content (AvgIpc) is 2.68. The van der Waals surface area contributed by atoms with E-state index in [1.165, 1.54) is 7.11 Å². The summed E-state index contributed by atoms with van der Waals surface area (Å²) in [5, 5.41) is 12.7. The van der Waals surface area contributed by atoms with Crippen molar-refractivity contribution in [2.75, 3.05) is 30.4 Å². The highest BCUT2D eigenvalue weighted by atomic mass is 16.5. The van der Waals surface area contributed by atoms with Crippen molar-refractivity contribution >= 4 is 17.3 Å². The summed E-state index contributed by atoms with van der Waals surface area (Å²) in [5.74, 6) is -0.334. The summed E-state index contributed by atoms with van der Waals surface area (Å²) in [6, 6.07) is 11.7. The summed E-state index contributed by atoms with van der Waals surface area (Å²) in [5.41, 5.74) is 3.02. The van der Waals surface area contributed by atoms with Crippen molar-refractivity contribution in [2.45, 2.75) is 18.9 Å². The molecule has 1 N–H and O–H groups in total. The number of carbonyl (C=O) groups is 1. The predicted molar refractivity (Wildman–Crippen MR) is 95.6 cm³/mol. The van der Waals surface area contributed by atoms with Crippen molar-refractivity contribution < 1.29 is 9.53 Å². The fraction of sp³-hybridized carbons (Fsp3) is 0.316. The molecule has 6 heteroatoms. The number of pyridine rings is 1. The van der Waals surface area contributed by atoms with Crippen LogP contribution in [-0.4, -0.2) is 37.2 Å². The first kappa shape index (κ1) is 16.8. The predicted octanol–water partition coefficient (Wildman–Crippen LogP) is 2.82. The Morgan fingerprint density at radius 3 is 2.88 bits per heavy atom. The molecule has 128 valence electrons. The molecular weight excluding hydrogens is 316 g/mol. The zero-order valence-corrected chi connectivity index (χ0v) is 14.1. The molecule has 1 aliphatic rings. The number of nitrogens with zero attached hydrogens (tertiary/aromatic N) is 3. The Hall–Kier alpha value is -3.07. The van der Waals surface area contributed by atoms with Crippen molar-refractivity contribution in [3.8, 4) is 6.07 Å². The summed E-state index contributed by atoms with van der Waals surface area (Å²) in [7, 11) is 1.38. The van der Waals surface area contributed by atoms with Crippen LogP contribution in [-0.2, 0) is 4.74 Å². The highest BCUT2D eigenvalue weighted by Gasteiger charge is 2.21. The molecule has 1 saturated heterocycles. The van der Waals surface area contributed by atoms with Gasteiger partial charge in [0.05, 0.1) is 30.1 Å². The van der Waals surface area contributed by atoms with Crippen LogP contribution in [0.15, 0.2) is 42.7 Å². The van der Waals surface area contributed by atoms with Gasteiger partial charge in [-0.15, -0.1) is 0 Å². The minimum Gasteiger partial charge on any atom is -0.465 e. The number of benzene rings is 1. The summed E-state index contributed by atoms with van der Waals surface area (Å²) < 4.78 is 4.76. The van der Waals surface area contributed by atoms with Crippen LogP contribution in [0.1, 0.15) is 28.8 Å². The molecule has 2 heterocycles. The molecule has 1 aliphatic heterocycles. The monoisotopic (exact) mass is 336 g/mol. The molecule has 0 unspecified atom stereocenters. The van der Waals surface area contributed by atoms with Gasteiger partial charge >= 0.3 is 5.97 Å². The number of esters is 1. The quantitative estimate of drug-likeness (QED) is 0.865. The highest BCUT2D eigenvalue weighted by Crippen LogP contribution is 2.24. The van der Waals surface area contributed by atoms with Gasteiger partial charge in [0.25, 0.3) is 0 Å². The Labute approximate surface area is 147 Å². The minimum atomic E-state index is -0.334. The smallest absolute Gasteiger partial charge is 0.337 e. The number of hydrogen-bond donors (Lipinski definition) is 1. The van der Waals surface area contributed by atoms with Crippen molar-refractivity contribution in [3.05, 3.63) is 53.9 Å². The maximum atomic E-state index is 11.6. The van der Waals surface area contributed by atoms with E-state index in [0.717, 1.165) is 37.3 Å². The van der Waals surface area contributed by atoms with Gasteiger partial charge < -0.3 is 15.0 Å². The van der Waals surface area contributed by atoms with Gasteiger partial charge in [-0.3, -0.25) is 4.98 Å². The number of nitriles is 1. The zero-order valence-electron chi connectivity index (χ0n) is 14.1. The van der Waals surface area contributed by atoms with Crippen LogP contribution in [0.2, 0.25) is 0 Å². The maximum Gasteiger partial charge on any atom is 0.337 e. The third-order valence-electron chi connectivity index (χ3n) is 4.41. The van der Waals surface area contributed by atoms with E-state index in [2.05, 4.69) is 21.3 Å². The number of hydrogen-bond acceptors (Lipinski definition) is 6. The van der Waals surface area contributed by atoms with Gasteiger partial charge in [-0.2, -0.15) is 5.26 Å². The minimum absolute atomic E-state index is 0.325. The SMILES string of the molecule is COC(=O)c1cccc(NC2CCN(c3cnccc3C#N)CC2)c1. The fourth-order valence-electron chi connectivity index (χ4n) is 3.09. The van der Waals surface area contributed by atoms with Crippen LogP contribution >= 0.6 is 0 Å². The molecule has 1 aromatic heterocycles. The Balaban J connectivity index is 1.62. The molecule has 0 aliphatic carbocycles. The lowest BCUT2D eigenvalue weighted by molar-refractivity contribution is 0.0601. The van der Waals surface area contributed by atoms with E-state index >= 15 is 0 Å². The molecule has 0 atom stereocenters. The number of carbonyl (C=O) groups excluding carboxylic acids is 1. The first-order chi connectivity index (χ1) is 12.2. The molecule has 0 bridgehead atoms. The van der Waals surface area contributed by atoms with Crippen LogP contribution in [0.3, 0.4) is 0 Å². The molecule has 6 nitrogen and oxygen atoms in total.